The second-order valence-corrected chi connectivity index (χ2v) is 6.31. The number of carbonyl (C=O) groups excluding carboxylic acids is 1. The molecule has 6 heteroatoms. The minimum absolute atomic E-state index is 0.0763. The van der Waals surface area contributed by atoms with E-state index in [9.17, 15) is 18.7 Å². The molecule has 23 heavy (non-hydrogen) atoms. The number of aliphatic hydroxyl groups is 1. The maximum absolute atomic E-state index is 13.7. The van der Waals surface area contributed by atoms with Crippen LogP contribution in [0.25, 0.3) is 0 Å². The van der Waals surface area contributed by atoms with E-state index >= 15 is 0 Å². The molecule has 0 saturated heterocycles. The normalized spacial score (nSPS) is 15.3. The summed E-state index contributed by atoms with van der Waals surface area (Å²) in [5.74, 6) is -1.49. The van der Waals surface area contributed by atoms with Gasteiger partial charge in [0.1, 0.15) is 23.3 Å². The molecule has 0 saturated carbocycles. The van der Waals surface area contributed by atoms with E-state index in [1.54, 1.807) is 6.92 Å². The van der Waals surface area contributed by atoms with Gasteiger partial charge >= 0.3 is 0 Å². The van der Waals surface area contributed by atoms with E-state index in [0.29, 0.717) is 18.6 Å². The lowest BCUT2D eigenvalue weighted by Gasteiger charge is -2.25. The average Bonchev–Trinajstić information content (AvgIpc) is 2.43. The summed E-state index contributed by atoms with van der Waals surface area (Å²) in [5.41, 5.74) is -1.72. The van der Waals surface area contributed by atoms with Gasteiger partial charge in [-0.1, -0.05) is 19.9 Å². The maximum atomic E-state index is 13.7. The molecule has 2 atom stereocenters. The zero-order valence-electron chi connectivity index (χ0n) is 14.0. The fourth-order valence-electron chi connectivity index (χ4n) is 1.98. The predicted octanol–water partition coefficient (Wildman–Crippen LogP) is 2.74. The van der Waals surface area contributed by atoms with Crippen molar-refractivity contribution >= 4 is 5.91 Å². The van der Waals surface area contributed by atoms with Crippen LogP contribution in [0.2, 0.25) is 0 Å². The van der Waals surface area contributed by atoms with Crippen molar-refractivity contribution in [1.29, 1.82) is 0 Å². The topological polar surface area (TPSA) is 58.6 Å². The Morgan fingerprint density at radius 1 is 1.35 bits per heavy atom. The molecule has 0 spiro atoms. The van der Waals surface area contributed by atoms with Gasteiger partial charge in [0.25, 0.3) is 0 Å². The molecule has 2 N–H and O–H groups in total. The molecule has 0 bridgehead atoms. The molecule has 0 aliphatic rings. The Bertz CT molecular complexity index is 533. The lowest BCUT2D eigenvalue weighted by molar-refractivity contribution is -0.133. The summed E-state index contributed by atoms with van der Waals surface area (Å²) in [6.07, 6.45) is 0.179. The van der Waals surface area contributed by atoms with E-state index in [0.717, 1.165) is 12.5 Å². The summed E-state index contributed by atoms with van der Waals surface area (Å²) in [7, 11) is 0. The highest BCUT2D eigenvalue weighted by atomic mass is 19.1. The highest BCUT2D eigenvalue weighted by Gasteiger charge is 2.28. The lowest BCUT2D eigenvalue weighted by Crippen LogP contribution is -2.43. The van der Waals surface area contributed by atoms with Crippen LogP contribution in [-0.4, -0.2) is 30.3 Å². The van der Waals surface area contributed by atoms with E-state index in [4.69, 9.17) is 4.74 Å². The van der Waals surface area contributed by atoms with Crippen molar-refractivity contribution < 1.29 is 23.4 Å². The van der Waals surface area contributed by atoms with E-state index in [-0.39, 0.29) is 12.1 Å². The Morgan fingerprint density at radius 2 is 2.00 bits per heavy atom. The fourth-order valence-corrected chi connectivity index (χ4v) is 1.98. The van der Waals surface area contributed by atoms with Crippen molar-refractivity contribution in [3.05, 3.63) is 35.4 Å². The molecule has 0 aliphatic heterocycles. The Balaban J connectivity index is 2.56. The van der Waals surface area contributed by atoms with Crippen LogP contribution in [0.3, 0.4) is 0 Å². The summed E-state index contributed by atoms with van der Waals surface area (Å²) in [6, 6.07) is 2.93. The summed E-state index contributed by atoms with van der Waals surface area (Å²) in [5, 5.41) is 12.8. The zero-order valence-corrected chi connectivity index (χ0v) is 14.0. The van der Waals surface area contributed by atoms with Crippen molar-refractivity contribution in [3.8, 4) is 0 Å². The first kappa shape index (κ1) is 19.5. The molecule has 0 fully saturated rings. The summed E-state index contributed by atoms with van der Waals surface area (Å²) >= 11 is 0. The van der Waals surface area contributed by atoms with Crippen molar-refractivity contribution in [2.45, 2.75) is 45.8 Å². The first-order valence-electron chi connectivity index (χ1n) is 7.70. The van der Waals surface area contributed by atoms with Crippen molar-refractivity contribution in [3.63, 3.8) is 0 Å². The molecule has 1 aromatic rings. The second-order valence-electron chi connectivity index (χ2n) is 6.31. The number of halogens is 2. The molecule has 0 aliphatic carbocycles. The third kappa shape index (κ3) is 6.23. The number of hydrogen-bond donors (Lipinski definition) is 2. The number of carbonyl (C=O) groups is 1. The minimum Gasteiger partial charge on any atom is -0.383 e. The highest BCUT2D eigenvalue weighted by Crippen LogP contribution is 2.23. The molecule has 4 nitrogen and oxygen atoms in total. The molecular weight excluding hydrogens is 304 g/mol. The zero-order chi connectivity index (χ0) is 17.6. The number of hydrogen-bond acceptors (Lipinski definition) is 3. The number of amides is 1. The molecule has 1 rings (SSSR count). The van der Waals surface area contributed by atoms with Crippen LogP contribution in [0, 0.1) is 17.6 Å². The van der Waals surface area contributed by atoms with E-state index < -0.39 is 29.2 Å². The summed E-state index contributed by atoms with van der Waals surface area (Å²) in [4.78, 5) is 11.9. The summed E-state index contributed by atoms with van der Waals surface area (Å²) in [6.45, 7) is 7.35. The third-order valence-corrected chi connectivity index (χ3v) is 3.55. The van der Waals surface area contributed by atoms with Gasteiger partial charge in [0.05, 0.1) is 6.54 Å². The van der Waals surface area contributed by atoms with Crippen LogP contribution in [-0.2, 0) is 15.1 Å². The molecule has 0 heterocycles. The van der Waals surface area contributed by atoms with Gasteiger partial charge in [-0.3, -0.25) is 4.79 Å². The van der Waals surface area contributed by atoms with Crippen LogP contribution in [0.5, 0.6) is 0 Å². The lowest BCUT2D eigenvalue weighted by atomic mass is 9.95. The van der Waals surface area contributed by atoms with Crippen LogP contribution in [0.15, 0.2) is 18.2 Å². The number of nitrogens with one attached hydrogen (secondary N) is 1. The average molecular weight is 329 g/mol. The fraction of sp³-hybridized carbons (Fsp3) is 0.588. The maximum Gasteiger partial charge on any atom is 0.248 e. The van der Waals surface area contributed by atoms with Crippen LogP contribution in [0.4, 0.5) is 8.78 Å². The van der Waals surface area contributed by atoms with Gasteiger partial charge in [0.15, 0.2) is 0 Å². The molecule has 0 aromatic heterocycles. The predicted molar refractivity (Wildman–Crippen MR) is 83.8 cm³/mol. The summed E-state index contributed by atoms with van der Waals surface area (Å²) < 4.78 is 32.1. The Kier molecular flexibility index (Phi) is 7.09. The van der Waals surface area contributed by atoms with Crippen molar-refractivity contribution in [2.24, 2.45) is 5.92 Å². The SMILES string of the molecule is CC(C)CCOC(C)C(=O)NCC(C)(O)c1ccc(F)cc1F. The molecular formula is C17H25F2NO3. The van der Waals surface area contributed by atoms with Gasteiger partial charge in [-0.15, -0.1) is 0 Å². The largest absolute Gasteiger partial charge is 0.383 e. The number of benzene rings is 1. The van der Waals surface area contributed by atoms with Gasteiger partial charge in [-0.25, -0.2) is 8.78 Å². The van der Waals surface area contributed by atoms with Crippen molar-refractivity contribution in [1.82, 2.24) is 5.32 Å². The smallest absolute Gasteiger partial charge is 0.248 e. The van der Waals surface area contributed by atoms with Gasteiger partial charge < -0.3 is 15.2 Å². The van der Waals surface area contributed by atoms with Crippen LogP contribution in [0.1, 0.15) is 39.7 Å². The third-order valence-electron chi connectivity index (χ3n) is 3.55. The van der Waals surface area contributed by atoms with E-state index in [1.165, 1.54) is 13.0 Å². The molecule has 2 unspecified atom stereocenters. The first-order chi connectivity index (χ1) is 10.6. The molecule has 130 valence electrons. The molecule has 0 radical (unpaired) electrons. The van der Waals surface area contributed by atoms with Crippen LogP contribution >= 0.6 is 0 Å². The standard InChI is InChI=1S/C17H25F2NO3/c1-11(2)7-8-23-12(3)16(21)20-10-17(4,22)14-6-5-13(18)9-15(14)19/h5-6,9,11-12,22H,7-8,10H2,1-4H3,(H,20,21). The number of ether oxygens (including phenoxy) is 1. The molecule has 1 amide bonds. The quantitative estimate of drug-likeness (QED) is 0.771. The second kappa shape index (κ2) is 8.36. The van der Waals surface area contributed by atoms with Gasteiger partial charge in [-0.2, -0.15) is 0 Å². The van der Waals surface area contributed by atoms with E-state index in [1.807, 2.05) is 0 Å². The van der Waals surface area contributed by atoms with E-state index in [2.05, 4.69) is 19.2 Å². The Hall–Kier alpha value is -1.53. The highest BCUT2D eigenvalue weighted by molar-refractivity contribution is 5.80. The monoisotopic (exact) mass is 329 g/mol. The first-order valence-corrected chi connectivity index (χ1v) is 7.70. The number of rotatable bonds is 8. The molecule has 1 aromatic carbocycles. The minimum atomic E-state index is -1.65. The Morgan fingerprint density at radius 3 is 2.57 bits per heavy atom. The van der Waals surface area contributed by atoms with Crippen molar-refractivity contribution in [2.75, 3.05) is 13.2 Å². The van der Waals surface area contributed by atoms with Gasteiger partial charge in [-0.05, 0) is 32.3 Å². The van der Waals surface area contributed by atoms with Gasteiger partial charge in [0, 0.05) is 18.2 Å². The van der Waals surface area contributed by atoms with Gasteiger partial charge in [0.2, 0.25) is 5.91 Å². The Labute approximate surface area is 135 Å². The van der Waals surface area contributed by atoms with Crippen LogP contribution < -0.4 is 5.32 Å².